The molecule has 0 atom stereocenters. The summed E-state index contributed by atoms with van der Waals surface area (Å²) in [5.74, 6) is 2.55. The lowest BCUT2D eigenvalue weighted by Crippen LogP contribution is -2.07. The van der Waals surface area contributed by atoms with Crippen LogP contribution in [0.2, 0.25) is 0 Å². The topological polar surface area (TPSA) is 49.2 Å². The predicted octanol–water partition coefficient (Wildman–Crippen LogP) is 7.41. The van der Waals surface area contributed by atoms with Gasteiger partial charge in [0.1, 0.15) is 17.4 Å². The number of halogens is 3. The third-order valence-corrected chi connectivity index (χ3v) is 5.50. The number of nitrogens with zero attached hydrogens (tertiary/aromatic N) is 3. The summed E-state index contributed by atoms with van der Waals surface area (Å²) in [4.78, 5) is 8.75. The van der Waals surface area contributed by atoms with Gasteiger partial charge in [0, 0.05) is 11.8 Å². The van der Waals surface area contributed by atoms with Gasteiger partial charge in [-0.2, -0.15) is 13.2 Å². The van der Waals surface area contributed by atoms with Crippen LogP contribution in [0.3, 0.4) is 0 Å². The number of aromatic nitrogens is 3. The zero-order valence-electron chi connectivity index (χ0n) is 19.1. The van der Waals surface area contributed by atoms with Crippen molar-refractivity contribution in [3.63, 3.8) is 0 Å². The van der Waals surface area contributed by atoms with Gasteiger partial charge in [-0.25, -0.2) is 9.97 Å². The van der Waals surface area contributed by atoms with Gasteiger partial charge in [-0.1, -0.05) is 42.5 Å². The molecule has 8 heteroatoms. The number of hydrogen-bond donors (Lipinski definition) is 0. The van der Waals surface area contributed by atoms with E-state index in [0.717, 1.165) is 23.3 Å². The predicted molar refractivity (Wildman–Crippen MR) is 132 cm³/mol. The van der Waals surface area contributed by atoms with Gasteiger partial charge in [-0.05, 0) is 54.6 Å². The molecule has 5 aromatic rings. The molecule has 0 radical (unpaired) electrons. The van der Waals surface area contributed by atoms with Crippen LogP contribution in [0.4, 0.5) is 13.2 Å². The van der Waals surface area contributed by atoms with E-state index < -0.39 is 11.7 Å². The summed E-state index contributed by atoms with van der Waals surface area (Å²) in [5, 5.41) is 0. The fourth-order valence-electron chi connectivity index (χ4n) is 3.79. The van der Waals surface area contributed by atoms with Crippen LogP contribution >= 0.6 is 0 Å². The van der Waals surface area contributed by atoms with Crippen LogP contribution in [0, 0.1) is 0 Å². The van der Waals surface area contributed by atoms with Crippen LogP contribution in [-0.4, -0.2) is 21.6 Å². The highest BCUT2D eigenvalue weighted by atomic mass is 19.4. The summed E-state index contributed by atoms with van der Waals surface area (Å²) in [6.07, 6.45) is -0.0488. The molecule has 0 aliphatic rings. The molecule has 0 aliphatic carbocycles. The van der Waals surface area contributed by atoms with E-state index in [9.17, 15) is 13.2 Å². The molecule has 5 nitrogen and oxygen atoms in total. The summed E-state index contributed by atoms with van der Waals surface area (Å²) in [7, 11) is 1.57. The first-order chi connectivity index (χ1) is 17.4. The van der Waals surface area contributed by atoms with Crippen molar-refractivity contribution >= 4 is 23.2 Å². The maximum Gasteiger partial charge on any atom is 0.417 e. The molecule has 180 valence electrons. The Balaban J connectivity index is 1.58. The van der Waals surface area contributed by atoms with Crippen molar-refractivity contribution < 1.29 is 22.6 Å². The third kappa shape index (κ3) is 4.65. The molecule has 0 bridgehead atoms. The molecule has 2 heterocycles. The van der Waals surface area contributed by atoms with E-state index in [1.807, 2.05) is 72.8 Å². The smallest absolute Gasteiger partial charge is 0.417 e. The van der Waals surface area contributed by atoms with Crippen LogP contribution < -0.4 is 9.47 Å². The number of benzene rings is 3. The zero-order valence-corrected chi connectivity index (χ0v) is 19.1. The normalized spacial score (nSPS) is 11.8. The number of fused-ring (bicyclic) bond motifs is 1. The minimum atomic E-state index is -4.47. The lowest BCUT2D eigenvalue weighted by molar-refractivity contribution is -0.137. The van der Waals surface area contributed by atoms with Crippen LogP contribution in [-0.2, 0) is 6.18 Å². The molecule has 0 N–H and O–H groups in total. The van der Waals surface area contributed by atoms with Gasteiger partial charge in [0.25, 0.3) is 0 Å². The van der Waals surface area contributed by atoms with Crippen LogP contribution in [0.1, 0.15) is 17.0 Å². The maximum atomic E-state index is 13.1. The Bertz CT molecular complexity index is 1530. The van der Waals surface area contributed by atoms with Gasteiger partial charge < -0.3 is 9.47 Å². The molecule has 5 rings (SSSR count). The van der Waals surface area contributed by atoms with E-state index in [1.54, 1.807) is 23.8 Å². The standard InChI is InChI=1S/C28H20F3N3O2/c1-35-24-13-7-8-19(27(24)36-21-9-3-2-4-10-21)14-16-26-33-22-11-5-6-12-23(22)34(26)25-17-15-20(18-32-25)28(29,30)31/h2-18H,1H3/b16-14+. The second-order valence-corrected chi connectivity index (χ2v) is 7.82. The molecular weight excluding hydrogens is 467 g/mol. The summed E-state index contributed by atoms with van der Waals surface area (Å²) < 4.78 is 52.5. The van der Waals surface area contributed by atoms with E-state index in [0.29, 0.717) is 34.4 Å². The first-order valence-electron chi connectivity index (χ1n) is 11.0. The zero-order chi connectivity index (χ0) is 25.1. The number of alkyl halides is 3. The number of pyridine rings is 1. The summed E-state index contributed by atoms with van der Waals surface area (Å²) >= 11 is 0. The molecule has 36 heavy (non-hydrogen) atoms. The summed E-state index contributed by atoms with van der Waals surface area (Å²) in [6.45, 7) is 0. The second-order valence-electron chi connectivity index (χ2n) is 7.82. The fourth-order valence-corrected chi connectivity index (χ4v) is 3.79. The highest BCUT2D eigenvalue weighted by Crippen LogP contribution is 2.36. The second kappa shape index (κ2) is 9.58. The van der Waals surface area contributed by atoms with Gasteiger partial charge in [0.05, 0.1) is 23.7 Å². The number of rotatable bonds is 6. The molecule has 0 saturated heterocycles. The molecule has 0 saturated carbocycles. The SMILES string of the molecule is COc1cccc(/C=C/c2nc3ccccc3n2-c2ccc(C(F)(F)F)cn2)c1Oc1ccccc1. The lowest BCUT2D eigenvalue weighted by Gasteiger charge is -2.13. The molecule has 0 spiro atoms. The first kappa shape index (κ1) is 23.2. The molecule has 0 aliphatic heterocycles. The number of ether oxygens (including phenoxy) is 2. The van der Waals surface area contributed by atoms with Crippen molar-refractivity contribution in [2.45, 2.75) is 6.18 Å². The van der Waals surface area contributed by atoms with E-state index in [4.69, 9.17) is 9.47 Å². The minimum absolute atomic E-state index is 0.322. The van der Waals surface area contributed by atoms with Crippen molar-refractivity contribution in [3.05, 3.63) is 108 Å². The fraction of sp³-hybridized carbons (Fsp3) is 0.0714. The molecule has 3 aromatic carbocycles. The van der Waals surface area contributed by atoms with Gasteiger partial charge >= 0.3 is 6.18 Å². The van der Waals surface area contributed by atoms with Crippen molar-refractivity contribution in [2.24, 2.45) is 0 Å². The largest absolute Gasteiger partial charge is 0.493 e. The number of hydrogen-bond acceptors (Lipinski definition) is 4. The van der Waals surface area contributed by atoms with Crippen molar-refractivity contribution in [1.29, 1.82) is 0 Å². The average molecular weight is 487 g/mol. The van der Waals surface area contributed by atoms with E-state index in [2.05, 4.69) is 9.97 Å². The third-order valence-electron chi connectivity index (χ3n) is 5.50. The van der Waals surface area contributed by atoms with E-state index >= 15 is 0 Å². The van der Waals surface area contributed by atoms with Gasteiger partial charge in [-0.15, -0.1) is 0 Å². The number of para-hydroxylation sites is 4. The van der Waals surface area contributed by atoms with Gasteiger partial charge in [0.15, 0.2) is 11.5 Å². The molecule has 0 unspecified atom stereocenters. The Labute approximate surface area is 205 Å². The highest BCUT2D eigenvalue weighted by Gasteiger charge is 2.30. The maximum absolute atomic E-state index is 13.1. The quantitative estimate of drug-likeness (QED) is 0.250. The lowest BCUT2D eigenvalue weighted by atomic mass is 10.1. The van der Waals surface area contributed by atoms with Gasteiger partial charge in [-0.3, -0.25) is 4.57 Å². The Morgan fingerprint density at radius 1 is 0.833 bits per heavy atom. The number of imidazole rings is 1. The van der Waals surface area contributed by atoms with Gasteiger partial charge in [0.2, 0.25) is 0 Å². The Morgan fingerprint density at radius 3 is 2.33 bits per heavy atom. The number of methoxy groups -OCH3 is 1. The van der Waals surface area contributed by atoms with E-state index in [1.165, 1.54) is 6.07 Å². The molecule has 0 fully saturated rings. The Kier molecular flexibility index (Phi) is 6.16. The highest BCUT2D eigenvalue weighted by molar-refractivity contribution is 5.82. The Hall–Kier alpha value is -4.59. The monoisotopic (exact) mass is 487 g/mol. The summed E-state index contributed by atoms with van der Waals surface area (Å²) in [6, 6.07) is 24.6. The molecular formula is C28H20F3N3O2. The summed E-state index contributed by atoms with van der Waals surface area (Å²) in [5.41, 5.74) is 1.32. The first-order valence-corrected chi connectivity index (χ1v) is 11.0. The van der Waals surface area contributed by atoms with Crippen LogP contribution in [0.25, 0.3) is 29.0 Å². The van der Waals surface area contributed by atoms with Crippen LogP contribution in [0.15, 0.2) is 91.1 Å². The van der Waals surface area contributed by atoms with Crippen molar-refractivity contribution in [1.82, 2.24) is 14.5 Å². The molecule has 0 amide bonds. The van der Waals surface area contributed by atoms with Crippen molar-refractivity contribution in [3.8, 4) is 23.1 Å². The minimum Gasteiger partial charge on any atom is -0.493 e. The van der Waals surface area contributed by atoms with Crippen molar-refractivity contribution in [2.75, 3.05) is 7.11 Å². The van der Waals surface area contributed by atoms with E-state index in [-0.39, 0.29) is 0 Å². The van der Waals surface area contributed by atoms with Crippen LogP contribution in [0.5, 0.6) is 17.2 Å². The Morgan fingerprint density at radius 2 is 1.61 bits per heavy atom. The molecule has 2 aromatic heterocycles. The average Bonchev–Trinajstić information content (AvgIpc) is 3.26.